The summed E-state index contributed by atoms with van der Waals surface area (Å²) >= 11 is 1.36. The summed E-state index contributed by atoms with van der Waals surface area (Å²) in [6, 6.07) is 2.83. The van der Waals surface area contributed by atoms with Crippen molar-refractivity contribution in [1.29, 1.82) is 0 Å². The molecular weight excluding hydrogens is 241 g/mol. The van der Waals surface area contributed by atoms with E-state index in [1.807, 2.05) is 13.8 Å². The van der Waals surface area contributed by atoms with Crippen LogP contribution in [0, 0.1) is 5.82 Å². The molecule has 0 fully saturated rings. The molecule has 2 heterocycles. The molecule has 0 unspecified atom stereocenters. The summed E-state index contributed by atoms with van der Waals surface area (Å²) < 4.78 is 12.7. The molecular formula is C11H12FN3OS. The number of anilines is 2. The Balaban J connectivity index is 2.19. The van der Waals surface area contributed by atoms with E-state index in [1.54, 1.807) is 0 Å². The Kier molecular flexibility index (Phi) is 3.23. The monoisotopic (exact) mass is 253 g/mol. The number of aromatic nitrogens is 2. The SMILES string of the molecule is CC(C)c1sc(Nc2ccc(F)cn2)nc1O. The van der Waals surface area contributed by atoms with Gasteiger partial charge in [-0.15, -0.1) is 0 Å². The molecule has 0 saturated heterocycles. The van der Waals surface area contributed by atoms with Gasteiger partial charge in [-0.3, -0.25) is 0 Å². The summed E-state index contributed by atoms with van der Waals surface area (Å²) in [5, 5.41) is 13.1. The van der Waals surface area contributed by atoms with Crippen LogP contribution in [-0.4, -0.2) is 15.1 Å². The average Bonchev–Trinajstić information content (AvgIpc) is 2.63. The Labute approximate surface area is 102 Å². The lowest BCUT2D eigenvalue weighted by Crippen LogP contribution is -1.92. The predicted octanol–water partition coefficient (Wildman–Crippen LogP) is 3.25. The highest BCUT2D eigenvalue weighted by molar-refractivity contribution is 7.16. The van der Waals surface area contributed by atoms with Gasteiger partial charge in [-0.2, -0.15) is 4.98 Å². The molecule has 0 atom stereocenters. The van der Waals surface area contributed by atoms with Crippen molar-refractivity contribution < 1.29 is 9.50 Å². The van der Waals surface area contributed by atoms with E-state index in [0.29, 0.717) is 10.9 Å². The molecule has 4 nitrogen and oxygen atoms in total. The molecule has 6 heteroatoms. The maximum Gasteiger partial charge on any atom is 0.227 e. The average molecular weight is 253 g/mol. The molecule has 0 aliphatic carbocycles. The van der Waals surface area contributed by atoms with Crippen molar-refractivity contribution >= 4 is 22.3 Å². The van der Waals surface area contributed by atoms with E-state index < -0.39 is 0 Å². The minimum absolute atomic E-state index is 0.0367. The van der Waals surface area contributed by atoms with Crippen LogP contribution in [0.4, 0.5) is 15.3 Å². The Morgan fingerprint density at radius 1 is 1.41 bits per heavy atom. The van der Waals surface area contributed by atoms with E-state index in [1.165, 1.54) is 23.5 Å². The maximum absolute atomic E-state index is 12.7. The number of halogens is 1. The Morgan fingerprint density at radius 3 is 2.71 bits per heavy atom. The minimum Gasteiger partial charge on any atom is -0.492 e. The second-order valence-corrected chi connectivity index (χ2v) is 4.88. The van der Waals surface area contributed by atoms with E-state index in [2.05, 4.69) is 15.3 Å². The number of pyridine rings is 1. The van der Waals surface area contributed by atoms with Crippen LogP contribution >= 0.6 is 11.3 Å². The van der Waals surface area contributed by atoms with Gasteiger partial charge in [0.15, 0.2) is 5.13 Å². The first-order valence-corrected chi connectivity index (χ1v) is 5.96. The normalized spacial score (nSPS) is 10.8. The van der Waals surface area contributed by atoms with Crippen LogP contribution in [0.2, 0.25) is 0 Å². The number of rotatable bonds is 3. The highest BCUT2D eigenvalue weighted by Gasteiger charge is 2.13. The molecule has 2 aromatic heterocycles. The largest absolute Gasteiger partial charge is 0.492 e. The highest BCUT2D eigenvalue weighted by Crippen LogP contribution is 2.34. The van der Waals surface area contributed by atoms with Gasteiger partial charge in [-0.25, -0.2) is 9.37 Å². The predicted molar refractivity (Wildman–Crippen MR) is 65.3 cm³/mol. The molecule has 0 saturated carbocycles. The molecule has 0 amide bonds. The van der Waals surface area contributed by atoms with Crippen molar-refractivity contribution in [3.05, 3.63) is 29.0 Å². The van der Waals surface area contributed by atoms with Crippen molar-refractivity contribution in [2.75, 3.05) is 5.32 Å². The Morgan fingerprint density at radius 2 is 2.18 bits per heavy atom. The van der Waals surface area contributed by atoms with E-state index in [4.69, 9.17) is 0 Å². The number of hydrogen-bond donors (Lipinski definition) is 2. The van der Waals surface area contributed by atoms with Crippen LogP contribution < -0.4 is 5.32 Å². The lowest BCUT2D eigenvalue weighted by Gasteiger charge is -2.00. The summed E-state index contributed by atoms with van der Waals surface area (Å²) in [4.78, 5) is 8.65. The molecule has 17 heavy (non-hydrogen) atoms. The fourth-order valence-electron chi connectivity index (χ4n) is 1.31. The summed E-state index contributed by atoms with van der Waals surface area (Å²) in [6.07, 6.45) is 1.12. The van der Waals surface area contributed by atoms with E-state index in [0.717, 1.165) is 11.1 Å². The van der Waals surface area contributed by atoms with Gasteiger partial charge in [0.2, 0.25) is 5.88 Å². The van der Waals surface area contributed by atoms with Gasteiger partial charge in [-0.05, 0) is 18.1 Å². The van der Waals surface area contributed by atoms with Gasteiger partial charge in [0.05, 0.1) is 11.1 Å². The van der Waals surface area contributed by atoms with Crippen molar-refractivity contribution in [2.45, 2.75) is 19.8 Å². The molecule has 90 valence electrons. The van der Waals surface area contributed by atoms with Crippen LogP contribution in [0.25, 0.3) is 0 Å². The summed E-state index contributed by atoms with van der Waals surface area (Å²) in [6.45, 7) is 3.96. The third kappa shape index (κ3) is 2.71. The van der Waals surface area contributed by atoms with Gasteiger partial charge >= 0.3 is 0 Å². The van der Waals surface area contributed by atoms with Crippen molar-refractivity contribution in [3.8, 4) is 5.88 Å². The van der Waals surface area contributed by atoms with Crippen molar-refractivity contribution in [3.63, 3.8) is 0 Å². The zero-order chi connectivity index (χ0) is 12.4. The molecule has 0 spiro atoms. The number of thiazole rings is 1. The van der Waals surface area contributed by atoms with Crippen LogP contribution in [0.15, 0.2) is 18.3 Å². The molecule has 0 radical (unpaired) electrons. The topological polar surface area (TPSA) is 58.0 Å². The second-order valence-electron chi connectivity index (χ2n) is 3.85. The van der Waals surface area contributed by atoms with Crippen LogP contribution in [0.3, 0.4) is 0 Å². The molecule has 2 rings (SSSR count). The van der Waals surface area contributed by atoms with Gasteiger partial charge in [0, 0.05) is 0 Å². The van der Waals surface area contributed by atoms with Gasteiger partial charge in [0.25, 0.3) is 0 Å². The fraction of sp³-hybridized carbons (Fsp3) is 0.273. The smallest absolute Gasteiger partial charge is 0.227 e. The number of hydrogen-bond acceptors (Lipinski definition) is 5. The van der Waals surface area contributed by atoms with Gasteiger partial charge in [-0.1, -0.05) is 25.2 Å². The molecule has 2 N–H and O–H groups in total. The van der Waals surface area contributed by atoms with Crippen molar-refractivity contribution in [1.82, 2.24) is 9.97 Å². The minimum atomic E-state index is -0.389. The highest BCUT2D eigenvalue weighted by atomic mass is 32.1. The number of nitrogens with one attached hydrogen (secondary N) is 1. The lowest BCUT2D eigenvalue weighted by molar-refractivity contribution is 0.449. The number of aromatic hydroxyl groups is 1. The zero-order valence-corrected chi connectivity index (χ0v) is 10.3. The summed E-state index contributed by atoms with van der Waals surface area (Å²) in [5.74, 6) is 0.356. The lowest BCUT2D eigenvalue weighted by atomic mass is 10.2. The molecule has 0 aliphatic heterocycles. The zero-order valence-electron chi connectivity index (χ0n) is 9.44. The first kappa shape index (κ1) is 11.8. The second kappa shape index (κ2) is 4.67. The van der Waals surface area contributed by atoms with Crippen LogP contribution in [0.1, 0.15) is 24.6 Å². The molecule has 2 aromatic rings. The Bertz CT molecular complexity index is 510. The maximum atomic E-state index is 12.7. The summed E-state index contributed by atoms with van der Waals surface area (Å²) in [5.41, 5.74) is 0. The van der Waals surface area contributed by atoms with E-state index in [-0.39, 0.29) is 17.6 Å². The third-order valence-corrected chi connectivity index (χ3v) is 3.38. The summed E-state index contributed by atoms with van der Waals surface area (Å²) in [7, 11) is 0. The Hall–Kier alpha value is -1.69. The first-order valence-electron chi connectivity index (χ1n) is 5.14. The van der Waals surface area contributed by atoms with Gasteiger partial charge < -0.3 is 10.4 Å². The van der Waals surface area contributed by atoms with E-state index in [9.17, 15) is 9.50 Å². The molecule has 0 bridgehead atoms. The van der Waals surface area contributed by atoms with Crippen LogP contribution in [-0.2, 0) is 0 Å². The quantitative estimate of drug-likeness (QED) is 0.881. The van der Waals surface area contributed by atoms with Crippen LogP contribution in [0.5, 0.6) is 5.88 Å². The fourth-order valence-corrected chi connectivity index (χ4v) is 2.18. The first-order chi connectivity index (χ1) is 8.06. The van der Waals surface area contributed by atoms with Gasteiger partial charge in [0.1, 0.15) is 11.6 Å². The third-order valence-electron chi connectivity index (χ3n) is 2.12. The van der Waals surface area contributed by atoms with E-state index >= 15 is 0 Å². The van der Waals surface area contributed by atoms with Crippen molar-refractivity contribution in [2.24, 2.45) is 0 Å². The number of nitrogens with zero attached hydrogens (tertiary/aromatic N) is 2. The molecule has 0 aromatic carbocycles. The standard InChI is InChI=1S/C11H12FN3OS/c1-6(2)9-10(16)15-11(17-9)14-8-4-3-7(12)5-13-8/h3-6,16H,1-2H3,(H,13,14,15). The molecule has 0 aliphatic rings.